The zero-order chi connectivity index (χ0) is 14.7. The molecule has 0 unspecified atom stereocenters. The van der Waals surface area contributed by atoms with Gasteiger partial charge in [0.2, 0.25) is 0 Å². The van der Waals surface area contributed by atoms with Crippen LogP contribution in [0.1, 0.15) is 10.5 Å². The first-order valence-electron chi connectivity index (χ1n) is 5.35. The van der Waals surface area contributed by atoms with Gasteiger partial charge in [0, 0.05) is 18.3 Å². The van der Waals surface area contributed by atoms with E-state index in [4.69, 9.17) is 0 Å². The average molecular weight is 279 g/mol. The average Bonchev–Trinajstić information content (AvgIpc) is 2.38. The number of hydrogen-bond donors (Lipinski definition) is 1. The maximum atomic E-state index is 13.3. The predicted molar refractivity (Wildman–Crippen MR) is 65.2 cm³/mol. The van der Waals surface area contributed by atoms with Crippen LogP contribution in [-0.2, 0) is 0 Å². The summed E-state index contributed by atoms with van der Waals surface area (Å²) in [4.78, 5) is 25.3. The molecule has 0 aliphatic rings. The zero-order valence-electron chi connectivity index (χ0n) is 9.84. The Morgan fingerprint density at radius 2 is 2.05 bits per heavy atom. The summed E-state index contributed by atoms with van der Waals surface area (Å²) in [5, 5.41) is 12.8. The Balaban J connectivity index is 2.35. The van der Waals surface area contributed by atoms with Crippen molar-refractivity contribution in [3.05, 3.63) is 64.0 Å². The molecule has 2 aromatic rings. The number of benzene rings is 1. The van der Waals surface area contributed by atoms with Gasteiger partial charge in [0.1, 0.15) is 11.5 Å². The number of pyridine rings is 1. The van der Waals surface area contributed by atoms with Gasteiger partial charge in [0.25, 0.3) is 11.6 Å². The van der Waals surface area contributed by atoms with Crippen molar-refractivity contribution in [2.24, 2.45) is 0 Å². The second-order valence-electron chi connectivity index (χ2n) is 3.71. The quantitative estimate of drug-likeness (QED) is 0.691. The van der Waals surface area contributed by atoms with Crippen molar-refractivity contribution < 1.29 is 18.5 Å². The van der Waals surface area contributed by atoms with E-state index in [0.29, 0.717) is 0 Å². The molecule has 102 valence electrons. The summed E-state index contributed by atoms with van der Waals surface area (Å²) < 4.78 is 26.4. The molecule has 0 spiro atoms. The van der Waals surface area contributed by atoms with Crippen molar-refractivity contribution in [2.75, 3.05) is 5.32 Å². The lowest BCUT2D eigenvalue weighted by Crippen LogP contribution is -2.16. The van der Waals surface area contributed by atoms with Crippen LogP contribution in [0.5, 0.6) is 0 Å². The fraction of sp³-hybridized carbons (Fsp3) is 0. The van der Waals surface area contributed by atoms with Gasteiger partial charge in [-0.05, 0) is 18.2 Å². The van der Waals surface area contributed by atoms with Gasteiger partial charge in [-0.25, -0.2) is 13.8 Å². The number of amides is 1. The summed E-state index contributed by atoms with van der Waals surface area (Å²) in [5.74, 6) is -2.66. The second-order valence-corrected chi connectivity index (χ2v) is 3.71. The number of nitrogens with zero attached hydrogens (tertiary/aromatic N) is 2. The number of halogens is 2. The van der Waals surface area contributed by atoms with Crippen LogP contribution in [0.25, 0.3) is 0 Å². The molecule has 1 amide bonds. The number of nitro groups is 1. The van der Waals surface area contributed by atoms with Crippen LogP contribution in [0, 0.1) is 21.7 Å². The van der Waals surface area contributed by atoms with Gasteiger partial charge in [-0.1, -0.05) is 0 Å². The second kappa shape index (κ2) is 5.39. The largest absolute Gasteiger partial charge is 0.315 e. The van der Waals surface area contributed by atoms with Crippen molar-refractivity contribution in [1.82, 2.24) is 4.98 Å². The summed E-state index contributed by atoms with van der Waals surface area (Å²) in [7, 11) is 0. The lowest BCUT2D eigenvalue weighted by Gasteiger charge is -2.06. The van der Waals surface area contributed by atoms with E-state index in [2.05, 4.69) is 10.3 Å². The van der Waals surface area contributed by atoms with Crippen LogP contribution in [0.4, 0.5) is 20.2 Å². The van der Waals surface area contributed by atoms with Crippen molar-refractivity contribution in [2.45, 2.75) is 0 Å². The number of nitro benzene ring substituents is 1. The fourth-order valence-corrected chi connectivity index (χ4v) is 1.50. The highest BCUT2D eigenvalue weighted by Crippen LogP contribution is 2.25. The van der Waals surface area contributed by atoms with Gasteiger partial charge in [0.15, 0.2) is 11.5 Å². The normalized spacial score (nSPS) is 10.1. The molecule has 1 N–H and O–H groups in total. The molecule has 0 saturated carbocycles. The molecule has 1 aromatic carbocycles. The Labute approximate surface area is 111 Å². The molecule has 6 nitrogen and oxygen atoms in total. The topological polar surface area (TPSA) is 85.1 Å². The molecule has 0 saturated heterocycles. The van der Waals surface area contributed by atoms with Gasteiger partial charge < -0.3 is 5.32 Å². The third-order valence-corrected chi connectivity index (χ3v) is 2.38. The molecule has 8 heteroatoms. The van der Waals surface area contributed by atoms with Gasteiger partial charge in [-0.2, -0.15) is 0 Å². The first-order valence-corrected chi connectivity index (χ1v) is 5.35. The van der Waals surface area contributed by atoms with E-state index in [1.54, 1.807) is 0 Å². The third-order valence-electron chi connectivity index (χ3n) is 2.38. The molecular weight excluding hydrogens is 272 g/mol. The van der Waals surface area contributed by atoms with Crippen molar-refractivity contribution in [3.8, 4) is 0 Å². The molecule has 0 fully saturated rings. The Bertz CT molecular complexity index is 691. The number of anilines is 1. The molecule has 0 aliphatic carbocycles. The van der Waals surface area contributed by atoms with E-state index >= 15 is 0 Å². The van der Waals surface area contributed by atoms with E-state index in [1.165, 1.54) is 12.3 Å². The minimum Gasteiger partial charge on any atom is -0.315 e. The lowest BCUT2D eigenvalue weighted by atomic mass is 10.2. The van der Waals surface area contributed by atoms with Crippen LogP contribution in [0.2, 0.25) is 0 Å². The van der Waals surface area contributed by atoms with Gasteiger partial charge in [-0.15, -0.1) is 0 Å². The minimum absolute atomic E-state index is 0.370. The number of hydrogen-bond acceptors (Lipinski definition) is 4. The SMILES string of the molecule is O=C(Nc1cc(F)ccc1[N+](=O)[O-])c1ncccc1F. The Morgan fingerprint density at radius 1 is 1.30 bits per heavy atom. The molecule has 2 rings (SSSR count). The molecule has 0 radical (unpaired) electrons. The van der Waals surface area contributed by atoms with Crippen LogP contribution >= 0.6 is 0 Å². The number of nitrogens with one attached hydrogen (secondary N) is 1. The molecule has 1 aromatic heterocycles. The molecule has 0 atom stereocenters. The van der Waals surface area contributed by atoms with E-state index in [1.807, 2.05) is 0 Å². The highest BCUT2D eigenvalue weighted by molar-refractivity contribution is 6.04. The zero-order valence-corrected chi connectivity index (χ0v) is 9.84. The smallest absolute Gasteiger partial charge is 0.292 e. The Hall–Kier alpha value is -2.90. The van der Waals surface area contributed by atoms with Crippen LogP contribution < -0.4 is 5.32 Å². The monoisotopic (exact) mass is 279 g/mol. The fourth-order valence-electron chi connectivity index (χ4n) is 1.50. The van der Waals surface area contributed by atoms with Crippen molar-refractivity contribution >= 4 is 17.3 Å². The summed E-state index contributed by atoms with van der Waals surface area (Å²) in [6, 6.07) is 4.87. The summed E-state index contributed by atoms with van der Waals surface area (Å²) in [5.41, 5.74) is -1.41. The Morgan fingerprint density at radius 3 is 2.70 bits per heavy atom. The lowest BCUT2D eigenvalue weighted by molar-refractivity contribution is -0.384. The maximum Gasteiger partial charge on any atom is 0.292 e. The van der Waals surface area contributed by atoms with Crippen molar-refractivity contribution in [3.63, 3.8) is 0 Å². The molecule has 20 heavy (non-hydrogen) atoms. The summed E-state index contributed by atoms with van der Waals surface area (Å²) in [6.07, 6.45) is 1.19. The number of aromatic nitrogens is 1. The summed E-state index contributed by atoms with van der Waals surface area (Å²) in [6.45, 7) is 0. The minimum atomic E-state index is -1.00. The van der Waals surface area contributed by atoms with Crippen LogP contribution in [0.15, 0.2) is 36.5 Å². The highest BCUT2D eigenvalue weighted by atomic mass is 19.1. The molecule has 0 bridgehead atoms. The first-order chi connectivity index (χ1) is 9.49. The van der Waals surface area contributed by atoms with E-state index in [9.17, 15) is 23.7 Å². The molecule has 1 heterocycles. The predicted octanol–water partition coefficient (Wildman–Crippen LogP) is 2.52. The van der Waals surface area contributed by atoms with E-state index in [0.717, 1.165) is 24.3 Å². The van der Waals surface area contributed by atoms with Crippen LogP contribution in [-0.4, -0.2) is 15.8 Å². The molecule has 0 aliphatic heterocycles. The molecular formula is C12H7F2N3O3. The Kier molecular flexibility index (Phi) is 3.65. The third kappa shape index (κ3) is 2.74. The highest BCUT2D eigenvalue weighted by Gasteiger charge is 2.19. The van der Waals surface area contributed by atoms with Crippen molar-refractivity contribution in [1.29, 1.82) is 0 Å². The number of carbonyl (C=O) groups is 1. The van der Waals surface area contributed by atoms with E-state index in [-0.39, 0.29) is 5.69 Å². The number of rotatable bonds is 3. The maximum absolute atomic E-state index is 13.3. The number of carbonyl (C=O) groups excluding carboxylic acids is 1. The van der Waals surface area contributed by atoms with Gasteiger partial charge in [-0.3, -0.25) is 14.9 Å². The standard InChI is InChI=1S/C12H7F2N3O3/c13-7-3-4-10(17(19)20)9(6-7)16-12(18)11-8(14)2-1-5-15-11/h1-6H,(H,16,18). The van der Waals surface area contributed by atoms with Gasteiger partial charge >= 0.3 is 0 Å². The van der Waals surface area contributed by atoms with Crippen LogP contribution in [0.3, 0.4) is 0 Å². The van der Waals surface area contributed by atoms with E-state index < -0.39 is 33.8 Å². The summed E-state index contributed by atoms with van der Waals surface area (Å²) >= 11 is 0. The van der Waals surface area contributed by atoms with Gasteiger partial charge in [0.05, 0.1) is 4.92 Å². The first kappa shape index (κ1) is 13.5.